The highest BCUT2D eigenvalue weighted by Crippen LogP contribution is 2.22. The molecule has 1 saturated heterocycles. The Morgan fingerprint density at radius 2 is 2.39 bits per heavy atom. The molecule has 98 valence electrons. The van der Waals surface area contributed by atoms with Crippen molar-refractivity contribution >= 4 is 21.8 Å². The quantitative estimate of drug-likeness (QED) is 0.928. The van der Waals surface area contributed by atoms with Gasteiger partial charge >= 0.3 is 0 Å². The lowest BCUT2D eigenvalue weighted by Crippen LogP contribution is -2.41. The van der Waals surface area contributed by atoms with Gasteiger partial charge in [-0.25, -0.2) is 4.39 Å². The van der Waals surface area contributed by atoms with Crippen molar-refractivity contribution in [1.29, 1.82) is 0 Å². The molecule has 0 aliphatic carbocycles. The van der Waals surface area contributed by atoms with E-state index < -0.39 is 0 Å². The van der Waals surface area contributed by atoms with Gasteiger partial charge in [0.05, 0.1) is 6.04 Å². The first-order valence-electron chi connectivity index (χ1n) is 6.01. The first-order valence-corrected chi connectivity index (χ1v) is 6.80. The molecule has 0 spiro atoms. The molecule has 1 atom stereocenters. The molecule has 1 aliphatic rings. The van der Waals surface area contributed by atoms with Crippen LogP contribution in [-0.4, -0.2) is 30.4 Å². The summed E-state index contributed by atoms with van der Waals surface area (Å²) in [7, 11) is 1.64. The van der Waals surface area contributed by atoms with Crippen molar-refractivity contribution in [2.75, 3.05) is 13.6 Å². The highest BCUT2D eigenvalue weighted by molar-refractivity contribution is 9.10. The minimum atomic E-state index is -0.230. The number of likely N-dealkylation sites (N-methyl/N-ethyl adjacent to an activating group) is 1. The van der Waals surface area contributed by atoms with E-state index in [-0.39, 0.29) is 17.8 Å². The smallest absolute Gasteiger partial charge is 0.237 e. The van der Waals surface area contributed by atoms with E-state index in [9.17, 15) is 9.18 Å². The average Bonchev–Trinajstić information content (AvgIpc) is 2.80. The van der Waals surface area contributed by atoms with Gasteiger partial charge in [0.15, 0.2) is 0 Å². The van der Waals surface area contributed by atoms with Gasteiger partial charge in [0.1, 0.15) is 5.82 Å². The number of carbonyl (C=O) groups is 1. The van der Waals surface area contributed by atoms with Crippen LogP contribution in [-0.2, 0) is 11.3 Å². The number of halogens is 2. The highest BCUT2D eigenvalue weighted by Gasteiger charge is 2.30. The van der Waals surface area contributed by atoms with E-state index in [1.165, 1.54) is 6.07 Å². The summed E-state index contributed by atoms with van der Waals surface area (Å²) in [5.74, 6) is -0.211. The highest BCUT2D eigenvalue weighted by atomic mass is 79.9. The molecule has 0 saturated carbocycles. The molecule has 1 heterocycles. The zero-order valence-corrected chi connectivity index (χ0v) is 11.8. The van der Waals surface area contributed by atoms with Crippen LogP contribution < -0.4 is 5.32 Å². The van der Waals surface area contributed by atoms with Gasteiger partial charge in [0.25, 0.3) is 0 Å². The second-order valence-corrected chi connectivity index (χ2v) is 5.39. The fraction of sp³-hybridized carbons (Fsp3) is 0.462. The molecule has 1 aromatic rings. The summed E-state index contributed by atoms with van der Waals surface area (Å²) >= 11 is 3.24. The molecule has 0 aromatic heterocycles. The standard InChI is InChI=1S/C13H16BrFN2O/c1-16-13(18)12-3-2-6-17(12)8-9-4-5-10(14)7-11(9)15/h4-5,7,12H,2-3,6,8H2,1H3,(H,16,18). The van der Waals surface area contributed by atoms with Crippen LogP contribution in [0.15, 0.2) is 22.7 Å². The first-order chi connectivity index (χ1) is 8.61. The molecule has 3 nitrogen and oxygen atoms in total. The van der Waals surface area contributed by atoms with Crippen LogP contribution in [0.3, 0.4) is 0 Å². The van der Waals surface area contributed by atoms with Crippen LogP contribution in [0.25, 0.3) is 0 Å². The summed E-state index contributed by atoms with van der Waals surface area (Å²) < 4.78 is 14.5. The van der Waals surface area contributed by atoms with Crippen molar-refractivity contribution < 1.29 is 9.18 Å². The number of hydrogen-bond acceptors (Lipinski definition) is 2. The summed E-state index contributed by atoms with van der Waals surface area (Å²) in [6.07, 6.45) is 1.83. The molecule has 5 heteroatoms. The van der Waals surface area contributed by atoms with Crippen LogP contribution in [0.1, 0.15) is 18.4 Å². The number of amides is 1. The molecule has 18 heavy (non-hydrogen) atoms. The molecule has 2 rings (SSSR count). The maximum absolute atomic E-state index is 13.8. The Balaban J connectivity index is 2.10. The van der Waals surface area contributed by atoms with Crippen LogP contribution in [0, 0.1) is 5.82 Å². The predicted octanol–water partition coefficient (Wildman–Crippen LogP) is 2.30. The second-order valence-electron chi connectivity index (χ2n) is 4.48. The molecule has 1 unspecified atom stereocenters. The van der Waals surface area contributed by atoms with Crippen LogP contribution in [0.4, 0.5) is 4.39 Å². The first kappa shape index (κ1) is 13.5. The van der Waals surface area contributed by atoms with Gasteiger partial charge in [-0.15, -0.1) is 0 Å². The summed E-state index contributed by atoms with van der Waals surface area (Å²) in [5, 5.41) is 2.66. The number of nitrogens with zero attached hydrogens (tertiary/aromatic N) is 1. The predicted molar refractivity (Wildman–Crippen MR) is 71.6 cm³/mol. The molecular formula is C13H16BrFN2O. The van der Waals surface area contributed by atoms with Gasteiger partial charge < -0.3 is 5.32 Å². The second kappa shape index (κ2) is 5.80. The van der Waals surface area contributed by atoms with Crippen molar-refractivity contribution in [1.82, 2.24) is 10.2 Å². The zero-order chi connectivity index (χ0) is 13.1. The van der Waals surface area contributed by atoms with E-state index in [0.29, 0.717) is 12.1 Å². The van der Waals surface area contributed by atoms with Crippen molar-refractivity contribution in [2.45, 2.75) is 25.4 Å². The minimum absolute atomic E-state index is 0.0185. The monoisotopic (exact) mass is 314 g/mol. The van der Waals surface area contributed by atoms with Crippen molar-refractivity contribution in [2.24, 2.45) is 0 Å². The van der Waals surface area contributed by atoms with E-state index in [0.717, 1.165) is 23.9 Å². The van der Waals surface area contributed by atoms with Crippen LogP contribution >= 0.6 is 15.9 Å². The number of benzene rings is 1. The Kier molecular flexibility index (Phi) is 4.35. The fourth-order valence-electron chi connectivity index (χ4n) is 2.35. The molecule has 1 amide bonds. The van der Waals surface area contributed by atoms with Crippen molar-refractivity contribution in [3.63, 3.8) is 0 Å². The summed E-state index contributed by atoms with van der Waals surface area (Å²) in [4.78, 5) is 13.7. The van der Waals surface area contributed by atoms with E-state index in [1.54, 1.807) is 13.1 Å². The van der Waals surface area contributed by atoms with E-state index in [1.807, 2.05) is 11.0 Å². The molecule has 0 bridgehead atoms. The lowest BCUT2D eigenvalue weighted by molar-refractivity contribution is -0.125. The molecule has 1 aliphatic heterocycles. The third-order valence-electron chi connectivity index (χ3n) is 3.30. The number of likely N-dealkylation sites (tertiary alicyclic amines) is 1. The molecule has 0 radical (unpaired) electrons. The largest absolute Gasteiger partial charge is 0.358 e. The van der Waals surface area contributed by atoms with Crippen molar-refractivity contribution in [3.8, 4) is 0 Å². The van der Waals surface area contributed by atoms with Gasteiger partial charge in [-0.1, -0.05) is 22.0 Å². The van der Waals surface area contributed by atoms with Gasteiger partial charge in [-0.2, -0.15) is 0 Å². The van der Waals surface area contributed by atoms with E-state index in [4.69, 9.17) is 0 Å². The topological polar surface area (TPSA) is 32.3 Å². The van der Waals surface area contributed by atoms with E-state index in [2.05, 4.69) is 21.2 Å². The third-order valence-corrected chi connectivity index (χ3v) is 3.79. The maximum atomic E-state index is 13.8. The number of rotatable bonds is 3. The lowest BCUT2D eigenvalue weighted by atomic mass is 10.1. The SMILES string of the molecule is CNC(=O)C1CCCN1Cc1ccc(Br)cc1F. The van der Waals surface area contributed by atoms with Gasteiger partial charge in [0.2, 0.25) is 5.91 Å². The lowest BCUT2D eigenvalue weighted by Gasteiger charge is -2.23. The van der Waals surface area contributed by atoms with Crippen molar-refractivity contribution in [3.05, 3.63) is 34.1 Å². The number of nitrogens with one attached hydrogen (secondary N) is 1. The van der Waals surface area contributed by atoms with Crippen LogP contribution in [0.5, 0.6) is 0 Å². The van der Waals surface area contributed by atoms with Gasteiger partial charge in [0, 0.05) is 23.6 Å². The fourth-order valence-corrected chi connectivity index (χ4v) is 2.68. The Hall–Kier alpha value is -0.940. The third kappa shape index (κ3) is 2.90. The summed E-state index contributed by atoms with van der Waals surface area (Å²) in [5.41, 5.74) is 0.633. The van der Waals surface area contributed by atoms with Gasteiger partial charge in [-0.3, -0.25) is 9.69 Å². The molecule has 1 N–H and O–H groups in total. The Morgan fingerprint density at radius 3 is 3.06 bits per heavy atom. The normalized spacial score (nSPS) is 20.1. The number of hydrogen-bond donors (Lipinski definition) is 1. The van der Waals surface area contributed by atoms with E-state index >= 15 is 0 Å². The summed E-state index contributed by atoms with van der Waals surface area (Å²) in [6, 6.07) is 4.92. The van der Waals surface area contributed by atoms with Gasteiger partial charge in [-0.05, 0) is 31.5 Å². The number of carbonyl (C=O) groups excluding carboxylic acids is 1. The molecule has 1 aromatic carbocycles. The Bertz CT molecular complexity index is 453. The average molecular weight is 315 g/mol. The van der Waals surface area contributed by atoms with Crippen LogP contribution in [0.2, 0.25) is 0 Å². The zero-order valence-electron chi connectivity index (χ0n) is 10.2. The Labute approximate surface area is 114 Å². The molecular weight excluding hydrogens is 299 g/mol. The minimum Gasteiger partial charge on any atom is -0.358 e. The molecule has 1 fully saturated rings. The maximum Gasteiger partial charge on any atom is 0.237 e. The Morgan fingerprint density at radius 1 is 1.61 bits per heavy atom. The summed E-state index contributed by atoms with van der Waals surface area (Å²) in [6.45, 7) is 1.32.